The van der Waals surface area contributed by atoms with Gasteiger partial charge < -0.3 is 15.7 Å². The molecule has 2 aliphatic rings. The maximum absolute atomic E-state index is 12.5. The lowest BCUT2D eigenvalue weighted by atomic mass is 9.75. The lowest BCUT2D eigenvalue weighted by Crippen LogP contribution is -2.62. The molecule has 1 aliphatic carbocycles. The van der Waals surface area contributed by atoms with E-state index in [1.54, 1.807) is 0 Å². The van der Waals surface area contributed by atoms with Crippen molar-refractivity contribution in [3.8, 4) is 0 Å². The fourth-order valence-corrected chi connectivity index (χ4v) is 3.41. The largest absolute Gasteiger partial charge is 0.480 e. The van der Waals surface area contributed by atoms with Crippen LogP contribution in [0.3, 0.4) is 0 Å². The van der Waals surface area contributed by atoms with Crippen LogP contribution in [0.5, 0.6) is 0 Å². The highest BCUT2D eigenvalue weighted by Gasteiger charge is 2.46. The van der Waals surface area contributed by atoms with Crippen LogP contribution in [0.4, 0.5) is 0 Å². The molecule has 3 N–H and O–H groups in total. The summed E-state index contributed by atoms with van der Waals surface area (Å²) in [6, 6.07) is 0. The van der Waals surface area contributed by atoms with Crippen molar-refractivity contribution in [2.24, 2.45) is 5.92 Å². The molecule has 1 aliphatic heterocycles. The number of hydrogen-bond acceptors (Lipinski definition) is 3. The zero-order valence-electron chi connectivity index (χ0n) is 12.5. The summed E-state index contributed by atoms with van der Waals surface area (Å²) in [6.07, 6.45) is 5.67. The van der Waals surface area contributed by atoms with Crippen LogP contribution in [0.1, 0.15) is 58.8 Å². The van der Waals surface area contributed by atoms with Gasteiger partial charge in [0.05, 0.1) is 5.54 Å². The van der Waals surface area contributed by atoms with Crippen molar-refractivity contribution < 1.29 is 14.7 Å². The van der Waals surface area contributed by atoms with Gasteiger partial charge in [-0.15, -0.1) is 0 Å². The zero-order valence-corrected chi connectivity index (χ0v) is 12.5. The van der Waals surface area contributed by atoms with Crippen LogP contribution in [0.25, 0.3) is 0 Å². The first kappa shape index (κ1) is 15.3. The second kappa shape index (κ2) is 5.72. The molecule has 1 amide bonds. The van der Waals surface area contributed by atoms with Gasteiger partial charge in [0.2, 0.25) is 5.91 Å². The van der Waals surface area contributed by atoms with Crippen LogP contribution in [0.2, 0.25) is 0 Å². The number of carbonyl (C=O) groups is 2. The highest BCUT2D eigenvalue weighted by atomic mass is 16.4. The van der Waals surface area contributed by atoms with Crippen molar-refractivity contribution in [1.29, 1.82) is 0 Å². The summed E-state index contributed by atoms with van der Waals surface area (Å²) >= 11 is 0. The standard InChI is InChI=1S/C15H26N2O3/c1-3-11-5-8-15(9-6-11,13(19)20)17-12(18)14(2)7-4-10-16-14/h11,16H,3-10H2,1-2H3,(H,17,18)(H,19,20). The van der Waals surface area contributed by atoms with E-state index in [-0.39, 0.29) is 5.91 Å². The Labute approximate surface area is 120 Å². The van der Waals surface area contributed by atoms with Gasteiger partial charge in [-0.1, -0.05) is 13.3 Å². The zero-order chi connectivity index (χ0) is 14.8. The number of carboxylic acid groups (broad SMARTS) is 1. The molecule has 5 nitrogen and oxygen atoms in total. The molecule has 20 heavy (non-hydrogen) atoms. The predicted octanol–water partition coefficient (Wildman–Crippen LogP) is 1.67. The number of carbonyl (C=O) groups excluding carboxylic acids is 1. The van der Waals surface area contributed by atoms with Crippen molar-refractivity contribution in [1.82, 2.24) is 10.6 Å². The molecular weight excluding hydrogens is 256 g/mol. The van der Waals surface area contributed by atoms with E-state index in [2.05, 4.69) is 17.6 Å². The minimum atomic E-state index is -1.06. The highest BCUT2D eigenvalue weighted by molar-refractivity contribution is 5.92. The fraction of sp³-hybridized carbons (Fsp3) is 0.867. The van der Waals surface area contributed by atoms with E-state index in [1.807, 2.05) is 6.92 Å². The Bertz CT molecular complexity index is 381. The number of rotatable bonds is 4. The molecule has 0 aromatic heterocycles. The summed E-state index contributed by atoms with van der Waals surface area (Å²) in [4.78, 5) is 24.1. The van der Waals surface area contributed by atoms with Gasteiger partial charge in [0, 0.05) is 0 Å². The second-order valence-corrected chi connectivity index (χ2v) is 6.56. The van der Waals surface area contributed by atoms with Gasteiger partial charge in [0.25, 0.3) is 0 Å². The van der Waals surface area contributed by atoms with Gasteiger partial charge in [-0.25, -0.2) is 4.79 Å². The van der Waals surface area contributed by atoms with Crippen LogP contribution in [-0.4, -0.2) is 34.6 Å². The molecule has 0 aromatic carbocycles. The summed E-state index contributed by atoms with van der Waals surface area (Å²) in [5, 5.41) is 15.6. The van der Waals surface area contributed by atoms with Crippen molar-refractivity contribution >= 4 is 11.9 Å². The molecule has 2 rings (SSSR count). The minimum Gasteiger partial charge on any atom is -0.480 e. The Morgan fingerprint density at radius 1 is 1.30 bits per heavy atom. The number of hydrogen-bond donors (Lipinski definition) is 3. The van der Waals surface area contributed by atoms with Gasteiger partial charge in [0.15, 0.2) is 0 Å². The lowest BCUT2D eigenvalue weighted by Gasteiger charge is -2.39. The SMILES string of the molecule is CCC1CCC(NC(=O)C2(C)CCCN2)(C(=O)O)CC1. The van der Waals surface area contributed by atoms with E-state index in [0.717, 1.165) is 38.6 Å². The molecule has 5 heteroatoms. The van der Waals surface area contributed by atoms with Crippen LogP contribution < -0.4 is 10.6 Å². The molecule has 1 saturated heterocycles. The maximum atomic E-state index is 12.5. The molecule has 0 spiro atoms. The molecule has 1 heterocycles. The lowest BCUT2D eigenvalue weighted by molar-refractivity contribution is -0.150. The third-order valence-corrected chi connectivity index (χ3v) is 5.17. The number of nitrogens with one attached hydrogen (secondary N) is 2. The van der Waals surface area contributed by atoms with Crippen molar-refractivity contribution in [2.45, 2.75) is 69.9 Å². The third kappa shape index (κ3) is 2.82. The normalized spacial score (nSPS) is 37.6. The quantitative estimate of drug-likeness (QED) is 0.733. The van der Waals surface area contributed by atoms with Crippen LogP contribution in [0.15, 0.2) is 0 Å². The Morgan fingerprint density at radius 3 is 2.40 bits per heavy atom. The van der Waals surface area contributed by atoms with E-state index in [9.17, 15) is 14.7 Å². The summed E-state index contributed by atoms with van der Waals surface area (Å²) in [6.45, 7) is 4.82. The predicted molar refractivity (Wildman–Crippen MR) is 76.4 cm³/mol. The van der Waals surface area contributed by atoms with Gasteiger partial charge in [0.1, 0.15) is 5.54 Å². The van der Waals surface area contributed by atoms with E-state index >= 15 is 0 Å². The molecular formula is C15H26N2O3. The summed E-state index contributed by atoms with van der Waals surface area (Å²) in [5.41, 5.74) is -1.67. The molecule has 0 aromatic rings. The van der Waals surface area contributed by atoms with Crippen LogP contribution >= 0.6 is 0 Å². The Balaban J connectivity index is 2.06. The molecule has 2 fully saturated rings. The van der Waals surface area contributed by atoms with E-state index in [0.29, 0.717) is 18.8 Å². The molecule has 1 saturated carbocycles. The van der Waals surface area contributed by atoms with Crippen molar-refractivity contribution in [3.63, 3.8) is 0 Å². The Hall–Kier alpha value is -1.10. The molecule has 114 valence electrons. The van der Waals surface area contributed by atoms with Gasteiger partial charge in [-0.05, 0) is 57.9 Å². The Kier molecular flexibility index (Phi) is 4.37. The second-order valence-electron chi connectivity index (χ2n) is 6.56. The maximum Gasteiger partial charge on any atom is 0.329 e. The average Bonchev–Trinajstić information content (AvgIpc) is 2.87. The summed E-state index contributed by atoms with van der Waals surface area (Å²) in [7, 11) is 0. The minimum absolute atomic E-state index is 0.160. The topological polar surface area (TPSA) is 78.4 Å². The first-order valence-electron chi connectivity index (χ1n) is 7.73. The smallest absolute Gasteiger partial charge is 0.329 e. The monoisotopic (exact) mass is 282 g/mol. The van der Waals surface area contributed by atoms with E-state index in [1.165, 1.54) is 0 Å². The van der Waals surface area contributed by atoms with Crippen molar-refractivity contribution in [3.05, 3.63) is 0 Å². The summed E-state index contributed by atoms with van der Waals surface area (Å²) in [5.74, 6) is -0.450. The molecule has 0 bridgehead atoms. The number of carboxylic acids is 1. The first-order valence-corrected chi connectivity index (χ1v) is 7.73. The first-order chi connectivity index (χ1) is 9.42. The number of amides is 1. The molecule has 1 unspecified atom stereocenters. The number of aliphatic carboxylic acids is 1. The van der Waals surface area contributed by atoms with E-state index in [4.69, 9.17) is 0 Å². The molecule has 1 atom stereocenters. The van der Waals surface area contributed by atoms with Gasteiger partial charge in [-0.2, -0.15) is 0 Å². The average molecular weight is 282 g/mol. The van der Waals surface area contributed by atoms with Crippen LogP contribution in [-0.2, 0) is 9.59 Å². The van der Waals surface area contributed by atoms with Crippen LogP contribution in [0, 0.1) is 5.92 Å². The highest BCUT2D eigenvalue weighted by Crippen LogP contribution is 2.34. The Morgan fingerprint density at radius 2 is 1.95 bits per heavy atom. The third-order valence-electron chi connectivity index (χ3n) is 5.17. The van der Waals surface area contributed by atoms with Gasteiger partial charge >= 0.3 is 5.97 Å². The van der Waals surface area contributed by atoms with Gasteiger partial charge in [-0.3, -0.25) is 4.79 Å². The van der Waals surface area contributed by atoms with E-state index < -0.39 is 17.0 Å². The summed E-state index contributed by atoms with van der Waals surface area (Å²) < 4.78 is 0. The molecule has 0 radical (unpaired) electrons. The fourth-order valence-electron chi connectivity index (χ4n) is 3.41. The van der Waals surface area contributed by atoms with Crippen molar-refractivity contribution in [2.75, 3.05) is 6.54 Å².